The van der Waals surface area contributed by atoms with Crippen LogP contribution in [0.15, 0.2) is 10.8 Å². The first-order valence-electron chi connectivity index (χ1n) is 21.9. The van der Waals surface area contributed by atoms with Gasteiger partial charge in [0.25, 0.3) is 0 Å². The smallest absolute Gasteiger partial charge is 0.0899 e. The van der Waals surface area contributed by atoms with Crippen molar-refractivity contribution >= 4 is 127 Å². The van der Waals surface area contributed by atoms with Crippen LogP contribution in [0.5, 0.6) is 0 Å². The number of aryl methyl sites for hydroxylation is 4. The molecule has 5 aromatic heterocycles. The molecule has 0 fully saturated rings. The monoisotopic (exact) mass is 798 g/mol. The highest BCUT2D eigenvalue weighted by Crippen LogP contribution is 2.59. The Morgan fingerprint density at radius 3 is 0.981 bits per heavy atom. The lowest BCUT2D eigenvalue weighted by Gasteiger charge is -2.16. The molecule has 0 atom stereocenters. The maximum Gasteiger partial charge on any atom is 0.0899 e. The van der Waals surface area contributed by atoms with Gasteiger partial charge in [0.05, 0.1) is 8.03 Å². The molecular weight excluding hydrogens is 737 g/mol. The highest BCUT2D eigenvalue weighted by Gasteiger charge is 2.29. The van der Waals surface area contributed by atoms with Gasteiger partial charge >= 0.3 is 0 Å². The van der Waals surface area contributed by atoms with Crippen molar-refractivity contribution in [1.29, 1.82) is 0 Å². The van der Waals surface area contributed by atoms with Crippen molar-refractivity contribution in [1.82, 2.24) is 0 Å². The van der Waals surface area contributed by atoms with E-state index in [1.54, 1.807) is 92.2 Å². The minimum atomic E-state index is 1.25. The summed E-state index contributed by atoms with van der Waals surface area (Å²) in [5.41, 5.74) is 6.94. The molecule has 5 heteroatoms. The molecule has 0 saturated carbocycles. The Balaban J connectivity index is 1.35. The van der Waals surface area contributed by atoms with E-state index in [1.165, 1.54) is 154 Å². The number of benzene rings is 2. The third kappa shape index (κ3) is 7.19. The van der Waals surface area contributed by atoms with Gasteiger partial charge in [0.1, 0.15) is 0 Å². The summed E-state index contributed by atoms with van der Waals surface area (Å²) in [6.07, 6.45) is 32.2. The molecule has 53 heavy (non-hydrogen) atoms. The van der Waals surface area contributed by atoms with Gasteiger partial charge in [-0.15, -0.1) is 56.7 Å². The predicted octanol–water partition coefficient (Wildman–Crippen LogP) is 19.0. The first-order chi connectivity index (χ1) is 26.2. The molecule has 284 valence electrons. The van der Waals surface area contributed by atoms with Crippen molar-refractivity contribution < 1.29 is 0 Å². The molecular formula is C48H62S5. The second-order valence-corrected chi connectivity index (χ2v) is 21.7. The Hall–Kier alpha value is -1.50. The topological polar surface area (TPSA) is 0 Å². The van der Waals surface area contributed by atoms with Crippen molar-refractivity contribution in [2.75, 3.05) is 0 Å². The van der Waals surface area contributed by atoms with Crippen molar-refractivity contribution in [3.8, 4) is 0 Å². The second-order valence-electron chi connectivity index (χ2n) is 16.3. The Morgan fingerprint density at radius 2 is 0.642 bits per heavy atom. The van der Waals surface area contributed by atoms with E-state index in [2.05, 4.69) is 95.1 Å². The summed E-state index contributed by atoms with van der Waals surface area (Å²) in [5.74, 6) is 0. The standard InChI is InChI=1S/C48H62S5/c1-5-9-13-17-21-25-31-33(27-23-19-15-11-7-3)45-39-37-35(29-49-43(31)37)36-30-50-44-32(26-22-18-14-10-6-2)34(28-24-20-16-12-8-4)46-40(38(36)44)42-41(39)47(51-45)53-48(42)52-46/h29-30H,5-28H2,1-4H3. The van der Waals surface area contributed by atoms with Gasteiger partial charge in [-0.2, -0.15) is 0 Å². The first-order valence-corrected chi connectivity index (χ1v) is 26.1. The van der Waals surface area contributed by atoms with E-state index >= 15 is 0 Å². The van der Waals surface area contributed by atoms with Gasteiger partial charge in [0.2, 0.25) is 0 Å². The molecule has 0 nitrogen and oxygen atoms in total. The molecule has 0 amide bonds. The fraction of sp³-hybridized carbons (Fsp3) is 0.583. The normalized spacial score (nSPS) is 12.8. The molecule has 0 radical (unpaired) electrons. The highest BCUT2D eigenvalue weighted by molar-refractivity contribution is 7.52. The van der Waals surface area contributed by atoms with Gasteiger partial charge in [-0.1, -0.05) is 130 Å². The molecule has 0 bridgehead atoms. The van der Waals surface area contributed by atoms with Crippen LogP contribution in [0.1, 0.15) is 178 Å². The number of hydrogen-bond acceptors (Lipinski definition) is 5. The average Bonchev–Trinajstić information content (AvgIpc) is 3.97. The van der Waals surface area contributed by atoms with Crippen molar-refractivity contribution in [3.05, 3.63) is 33.0 Å². The third-order valence-corrected chi connectivity index (χ3v) is 18.5. The Bertz CT molecular complexity index is 2200. The number of thiophene rings is 5. The predicted molar refractivity (Wildman–Crippen MR) is 251 cm³/mol. The van der Waals surface area contributed by atoms with Crippen LogP contribution >= 0.6 is 56.7 Å². The van der Waals surface area contributed by atoms with E-state index in [0.29, 0.717) is 0 Å². The maximum atomic E-state index is 2.61. The van der Waals surface area contributed by atoms with Crippen LogP contribution in [-0.4, -0.2) is 0 Å². The van der Waals surface area contributed by atoms with Gasteiger partial charge in [0, 0.05) is 61.9 Å². The van der Waals surface area contributed by atoms with Crippen LogP contribution in [0.4, 0.5) is 0 Å². The van der Waals surface area contributed by atoms with Crippen LogP contribution in [0.2, 0.25) is 0 Å². The lowest BCUT2D eigenvalue weighted by Crippen LogP contribution is -1.98. The van der Waals surface area contributed by atoms with Crippen molar-refractivity contribution in [2.45, 2.75) is 182 Å². The van der Waals surface area contributed by atoms with Crippen LogP contribution in [0, 0.1) is 0 Å². The Kier molecular flexibility index (Phi) is 12.9. The summed E-state index contributed by atoms with van der Waals surface area (Å²) in [6, 6.07) is 0. The molecule has 0 aliphatic heterocycles. The van der Waals surface area contributed by atoms with E-state index in [0.717, 1.165) is 0 Å². The molecule has 5 heterocycles. The SMILES string of the molecule is CCCCCCCc1c(CCCCCCC)c2sc3sc4sc5c(CCCCCCC)c(CCCCCCC)c6scc7c8csc1c8c2c3c4c5c67. The van der Waals surface area contributed by atoms with Gasteiger partial charge in [-0.25, -0.2) is 0 Å². The van der Waals surface area contributed by atoms with Gasteiger partial charge < -0.3 is 0 Å². The summed E-state index contributed by atoms with van der Waals surface area (Å²) in [5, 5.41) is 18.2. The van der Waals surface area contributed by atoms with Crippen LogP contribution in [0.25, 0.3) is 69.9 Å². The van der Waals surface area contributed by atoms with Gasteiger partial charge in [-0.3, -0.25) is 0 Å². The fourth-order valence-electron chi connectivity index (χ4n) is 9.68. The molecule has 0 unspecified atom stereocenters. The largest absolute Gasteiger partial charge is 0.143 e. The summed E-state index contributed by atoms with van der Waals surface area (Å²) in [7, 11) is 0. The molecule has 8 rings (SSSR count). The van der Waals surface area contributed by atoms with E-state index < -0.39 is 0 Å². The van der Waals surface area contributed by atoms with Crippen LogP contribution in [0.3, 0.4) is 0 Å². The summed E-state index contributed by atoms with van der Waals surface area (Å²) >= 11 is 10.7. The van der Waals surface area contributed by atoms with E-state index in [1.807, 2.05) is 0 Å². The van der Waals surface area contributed by atoms with Gasteiger partial charge in [-0.05, 0) is 84.4 Å². The van der Waals surface area contributed by atoms with Gasteiger partial charge in [0.15, 0.2) is 0 Å². The third-order valence-electron chi connectivity index (χ3n) is 12.5. The first kappa shape index (κ1) is 38.4. The number of hydrogen-bond donors (Lipinski definition) is 0. The zero-order valence-electron chi connectivity index (χ0n) is 33.2. The minimum absolute atomic E-state index is 1.25. The number of unbranched alkanes of at least 4 members (excludes halogenated alkanes) is 16. The second kappa shape index (κ2) is 17.7. The number of fused-ring (bicyclic) bond motifs is 1. The summed E-state index contributed by atoms with van der Waals surface area (Å²) in [4.78, 5) is 0. The van der Waals surface area contributed by atoms with E-state index in [4.69, 9.17) is 0 Å². The molecule has 8 aromatic rings. The molecule has 0 saturated heterocycles. The number of rotatable bonds is 24. The quantitative estimate of drug-likeness (QED) is 0.0534. The zero-order chi connectivity index (χ0) is 36.3. The summed E-state index contributed by atoms with van der Waals surface area (Å²) < 4.78 is 9.80. The molecule has 0 aliphatic rings. The molecule has 0 aliphatic carbocycles. The Morgan fingerprint density at radius 1 is 0.321 bits per heavy atom. The summed E-state index contributed by atoms with van der Waals surface area (Å²) in [6.45, 7) is 9.38. The lowest BCUT2D eigenvalue weighted by molar-refractivity contribution is 0.623. The fourth-order valence-corrected chi connectivity index (χ4v) is 16.6. The maximum absolute atomic E-state index is 2.61. The Labute approximate surface area is 339 Å². The van der Waals surface area contributed by atoms with Crippen molar-refractivity contribution in [3.63, 3.8) is 0 Å². The molecule has 0 N–H and O–H groups in total. The molecule has 3 aromatic carbocycles. The van der Waals surface area contributed by atoms with Crippen molar-refractivity contribution in [2.24, 2.45) is 0 Å². The highest BCUT2D eigenvalue weighted by atomic mass is 32.2. The van der Waals surface area contributed by atoms with E-state index in [-0.39, 0.29) is 0 Å². The van der Waals surface area contributed by atoms with E-state index in [9.17, 15) is 0 Å². The average molecular weight is 799 g/mol. The minimum Gasteiger partial charge on any atom is -0.143 e. The zero-order valence-corrected chi connectivity index (χ0v) is 37.2. The van der Waals surface area contributed by atoms with Crippen LogP contribution in [-0.2, 0) is 25.7 Å². The molecule has 0 spiro atoms. The van der Waals surface area contributed by atoms with Crippen LogP contribution < -0.4 is 0 Å². The lowest BCUT2D eigenvalue weighted by atomic mass is 9.88.